The molecule has 4 heteroatoms. The molecule has 1 saturated heterocycles. The first-order valence-electron chi connectivity index (χ1n) is 6.46. The first-order chi connectivity index (χ1) is 8.67. The zero-order chi connectivity index (χ0) is 13.1. The van der Waals surface area contributed by atoms with E-state index in [2.05, 4.69) is 36.3 Å². The highest BCUT2D eigenvalue weighted by Crippen LogP contribution is 2.31. The van der Waals surface area contributed by atoms with Crippen molar-refractivity contribution in [1.82, 2.24) is 0 Å². The molecule has 100 valence electrons. The average Bonchev–Trinajstić information content (AvgIpc) is 2.40. The van der Waals surface area contributed by atoms with Crippen LogP contribution in [0.2, 0.25) is 0 Å². The van der Waals surface area contributed by atoms with Crippen molar-refractivity contribution in [3.8, 4) is 0 Å². The Morgan fingerprint density at radius 3 is 2.89 bits per heavy atom. The number of aliphatic hydroxyl groups is 1. The second-order valence-electron chi connectivity index (χ2n) is 4.94. The van der Waals surface area contributed by atoms with Crippen LogP contribution in [0.25, 0.3) is 0 Å². The number of nitrogens with two attached hydrogens (primary N) is 1. The summed E-state index contributed by atoms with van der Waals surface area (Å²) in [6.07, 6.45) is 2.88. The van der Waals surface area contributed by atoms with Gasteiger partial charge in [0.2, 0.25) is 0 Å². The first kappa shape index (κ1) is 13.7. The second-order valence-corrected chi connectivity index (χ2v) is 5.79. The van der Waals surface area contributed by atoms with E-state index in [9.17, 15) is 5.11 Å². The molecule has 1 fully saturated rings. The van der Waals surface area contributed by atoms with Crippen LogP contribution in [0.15, 0.2) is 23.1 Å². The third-order valence-electron chi connectivity index (χ3n) is 3.79. The zero-order valence-corrected chi connectivity index (χ0v) is 11.9. The predicted molar refractivity (Wildman–Crippen MR) is 78.1 cm³/mol. The number of aliphatic hydroxyl groups excluding tert-OH is 1. The van der Waals surface area contributed by atoms with Gasteiger partial charge in [-0.3, -0.25) is 0 Å². The molecule has 1 heterocycles. The van der Waals surface area contributed by atoms with Crippen LogP contribution in [0.1, 0.15) is 18.9 Å². The van der Waals surface area contributed by atoms with Gasteiger partial charge in [0, 0.05) is 35.8 Å². The van der Waals surface area contributed by atoms with Crippen molar-refractivity contribution >= 4 is 17.4 Å². The summed E-state index contributed by atoms with van der Waals surface area (Å²) >= 11 is 1.73. The molecule has 3 nitrogen and oxygen atoms in total. The minimum Gasteiger partial charge on any atom is -0.391 e. The fourth-order valence-corrected chi connectivity index (χ4v) is 3.16. The van der Waals surface area contributed by atoms with E-state index < -0.39 is 0 Å². The van der Waals surface area contributed by atoms with Crippen molar-refractivity contribution in [1.29, 1.82) is 0 Å². The van der Waals surface area contributed by atoms with E-state index in [0.29, 0.717) is 19.0 Å². The van der Waals surface area contributed by atoms with Crippen molar-refractivity contribution in [2.24, 2.45) is 11.7 Å². The number of anilines is 1. The molecule has 0 saturated carbocycles. The summed E-state index contributed by atoms with van der Waals surface area (Å²) in [5, 5.41) is 10.0. The van der Waals surface area contributed by atoms with Gasteiger partial charge in [0.25, 0.3) is 0 Å². The standard InChI is InChI=1S/C14H22N2OS/c1-10-6-7-16(9-13(10)17)12-4-3-5-14(18-2)11(12)8-15/h3-5,10,13,17H,6-9,15H2,1-2H3. The minimum atomic E-state index is -0.234. The number of benzene rings is 1. The van der Waals surface area contributed by atoms with E-state index in [1.807, 2.05) is 0 Å². The third kappa shape index (κ3) is 2.66. The largest absolute Gasteiger partial charge is 0.391 e. The van der Waals surface area contributed by atoms with Crippen LogP contribution in [-0.4, -0.2) is 30.6 Å². The summed E-state index contributed by atoms with van der Waals surface area (Å²) < 4.78 is 0. The maximum Gasteiger partial charge on any atom is 0.0741 e. The SMILES string of the molecule is CSc1cccc(N2CCC(C)C(O)C2)c1CN. The Bertz CT molecular complexity index is 411. The van der Waals surface area contributed by atoms with Crippen molar-refractivity contribution in [2.45, 2.75) is 30.9 Å². The fourth-order valence-electron chi connectivity index (χ4n) is 2.51. The third-order valence-corrected chi connectivity index (χ3v) is 4.61. The van der Waals surface area contributed by atoms with E-state index in [0.717, 1.165) is 13.0 Å². The van der Waals surface area contributed by atoms with Gasteiger partial charge in [-0.1, -0.05) is 13.0 Å². The molecule has 0 aromatic heterocycles. The van der Waals surface area contributed by atoms with Gasteiger partial charge in [-0.2, -0.15) is 0 Å². The molecule has 0 amide bonds. The fraction of sp³-hybridized carbons (Fsp3) is 0.571. The molecule has 0 radical (unpaired) electrons. The highest BCUT2D eigenvalue weighted by atomic mass is 32.2. The number of nitrogens with zero attached hydrogens (tertiary/aromatic N) is 1. The van der Waals surface area contributed by atoms with Gasteiger partial charge in [0.05, 0.1) is 6.10 Å². The molecule has 2 unspecified atom stereocenters. The van der Waals surface area contributed by atoms with Gasteiger partial charge in [0.1, 0.15) is 0 Å². The molecule has 1 aromatic rings. The van der Waals surface area contributed by atoms with Crippen LogP contribution in [0.5, 0.6) is 0 Å². The van der Waals surface area contributed by atoms with E-state index >= 15 is 0 Å². The van der Waals surface area contributed by atoms with Crippen molar-refractivity contribution in [3.63, 3.8) is 0 Å². The highest BCUT2D eigenvalue weighted by molar-refractivity contribution is 7.98. The second kappa shape index (κ2) is 5.95. The van der Waals surface area contributed by atoms with Crippen LogP contribution in [0.4, 0.5) is 5.69 Å². The molecule has 0 aliphatic carbocycles. The lowest BCUT2D eigenvalue weighted by molar-refractivity contribution is 0.103. The van der Waals surface area contributed by atoms with Gasteiger partial charge < -0.3 is 15.7 Å². The maximum absolute atomic E-state index is 10.0. The number of hydrogen-bond acceptors (Lipinski definition) is 4. The molecule has 1 aliphatic heterocycles. The highest BCUT2D eigenvalue weighted by Gasteiger charge is 2.25. The van der Waals surface area contributed by atoms with Gasteiger partial charge in [-0.25, -0.2) is 0 Å². The van der Waals surface area contributed by atoms with Crippen LogP contribution < -0.4 is 10.6 Å². The van der Waals surface area contributed by atoms with E-state index in [4.69, 9.17) is 5.73 Å². The monoisotopic (exact) mass is 266 g/mol. The van der Waals surface area contributed by atoms with Crippen LogP contribution >= 0.6 is 11.8 Å². The molecular weight excluding hydrogens is 244 g/mol. The number of β-amino-alcohol motifs (C(OH)–C–C–N with tert-alkyl or cyclic N) is 1. The van der Waals surface area contributed by atoms with Crippen molar-refractivity contribution in [2.75, 3.05) is 24.2 Å². The molecule has 2 atom stereocenters. The number of rotatable bonds is 3. The Morgan fingerprint density at radius 2 is 2.28 bits per heavy atom. The van der Waals surface area contributed by atoms with E-state index in [1.54, 1.807) is 11.8 Å². The van der Waals surface area contributed by atoms with Crippen LogP contribution in [-0.2, 0) is 6.54 Å². The van der Waals surface area contributed by atoms with Crippen LogP contribution in [0.3, 0.4) is 0 Å². The lowest BCUT2D eigenvalue weighted by atomic mass is 9.95. The maximum atomic E-state index is 10.0. The van der Waals surface area contributed by atoms with Gasteiger partial charge in [-0.15, -0.1) is 11.8 Å². The summed E-state index contributed by atoms with van der Waals surface area (Å²) in [6, 6.07) is 6.30. The molecule has 18 heavy (non-hydrogen) atoms. The normalized spacial score (nSPS) is 24.3. The molecular formula is C14H22N2OS. The Kier molecular flexibility index (Phi) is 4.54. The van der Waals surface area contributed by atoms with Gasteiger partial charge >= 0.3 is 0 Å². The average molecular weight is 266 g/mol. The summed E-state index contributed by atoms with van der Waals surface area (Å²) in [5.41, 5.74) is 8.28. The molecule has 1 aliphatic rings. The topological polar surface area (TPSA) is 49.5 Å². The zero-order valence-electron chi connectivity index (χ0n) is 11.1. The Morgan fingerprint density at radius 1 is 1.50 bits per heavy atom. The van der Waals surface area contributed by atoms with E-state index in [-0.39, 0.29) is 6.10 Å². The van der Waals surface area contributed by atoms with Crippen molar-refractivity contribution < 1.29 is 5.11 Å². The van der Waals surface area contributed by atoms with Gasteiger partial charge in [0.15, 0.2) is 0 Å². The molecule has 2 rings (SSSR count). The van der Waals surface area contributed by atoms with Crippen molar-refractivity contribution in [3.05, 3.63) is 23.8 Å². The predicted octanol–water partition coefficient (Wildman–Crippen LogP) is 2.07. The van der Waals surface area contributed by atoms with Crippen LogP contribution in [0, 0.1) is 5.92 Å². The number of hydrogen-bond donors (Lipinski definition) is 2. The Labute approximate surface area is 113 Å². The lowest BCUT2D eigenvalue weighted by Gasteiger charge is -2.37. The first-order valence-corrected chi connectivity index (χ1v) is 7.68. The summed E-state index contributed by atoms with van der Waals surface area (Å²) in [6.45, 7) is 4.38. The lowest BCUT2D eigenvalue weighted by Crippen LogP contribution is -2.43. The number of piperidine rings is 1. The Balaban J connectivity index is 2.28. The summed E-state index contributed by atoms with van der Waals surface area (Å²) in [5.74, 6) is 0.395. The molecule has 0 bridgehead atoms. The van der Waals surface area contributed by atoms with Gasteiger partial charge in [-0.05, 0) is 30.7 Å². The molecule has 0 spiro atoms. The quantitative estimate of drug-likeness (QED) is 0.822. The number of thioether (sulfide) groups is 1. The Hall–Kier alpha value is -0.710. The smallest absolute Gasteiger partial charge is 0.0741 e. The molecule has 1 aromatic carbocycles. The minimum absolute atomic E-state index is 0.234. The summed E-state index contributed by atoms with van der Waals surface area (Å²) in [7, 11) is 0. The molecule has 3 N–H and O–H groups in total. The summed E-state index contributed by atoms with van der Waals surface area (Å²) in [4.78, 5) is 3.51. The van der Waals surface area contributed by atoms with E-state index in [1.165, 1.54) is 16.1 Å².